The fraction of sp³-hybridized carbons (Fsp3) is 0.750. The Balaban J connectivity index is 2.10. The summed E-state index contributed by atoms with van der Waals surface area (Å²) < 4.78 is 27.9. The Morgan fingerprint density at radius 2 is 1.83 bits per heavy atom. The van der Waals surface area contributed by atoms with E-state index < -0.39 is 10.0 Å². The van der Waals surface area contributed by atoms with Gasteiger partial charge in [-0.2, -0.15) is 4.31 Å². The van der Waals surface area contributed by atoms with Gasteiger partial charge in [-0.05, 0) is 46.5 Å². The Bertz CT molecular complexity index is 601. The Morgan fingerprint density at radius 3 is 2.30 bits per heavy atom. The molecule has 0 N–H and O–H groups in total. The quantitative estimate of drug-likeness (QED) is 0.779. The van der Waals surface area contributed by atoms with Gasteiger partial charge in [0, 0.05) is 43.1 Å². The van der Waals surface area contributed by atoms with Gasteiger partial charge in [0.25, 0.3) is 10.0 Å². The van der Waals surface area contributed by atoms with Gasteiger partial charge < -0.3 is 4.90 Å². The van der Waals surface area contributed by atoms with E-state index in [1.54, 1.807) is 10.4 Å². The van der Waals surface area contributed by atoms with Crippen LogP contribution in [0.4, 0.5) is 0 Å². The van der Waals surface area contributed by atoms with E-state index in [-0.39, 0.29) is 12.1 Å². The van der Waals surface area contributed by atoms with Crippen molar-refractivity contribution in [1.29, 1.82) is 0 Å². The van der Waals surface area contributed by atoms with Crippen LogP contribution in [-0.4, -0.2) is 74.9 Å². The zero-order chi connectivity index (χ0) is 17.2. The number of likely N-dealkylation sites (N-methyl/N-ethyl adjacent to an activating group) is 1. The van der Waals surface area contributed by atoms with Crippen molar-refractivity contribution in [2.75, 3.05) is 40.3 Å². The second-order valence-electron chi connectivity index (χ2n) is 6.64. The predicted octanol–water partition coefficient (Wildman–Crippen LogP) is 1.96. The summed E-state index contributed by atoms with van der Waals surface area (Å²) in [7, 11) is 0.778. The van der Waals surface area contributed by atoms with E-state index in [0.717, 1.165) is 24.4 Å². The van der Waals surface area contributed by atoms with Gasteiger partial charge in [0.1, 0.15) is 4.21 Å². The van der Waals surface area contributed by atoms with E-state index in [1.807, 2.05) is 6.07 Å². The van der Waals surface area contributed by atoms with Crippen LogP contribution in [0.2, 0.25) is 0 Å². The molecule has 2 unspecified atom stereocenters. The molecule has 1 aliphatic heterocycles. The van der Waals surface area contributed by atoms with Crippen LogP contribution in [0.3, 0.4) is 0 Å². The average molecular weight is 360 g/mol. The molecule has 2 rings (SSSR count). The molecule has 5 nitrogen and oxygen atoms in total. The third-order valence-electron chi connectivity index (χ3n) is 4.45. The molecule has 0 bridgehead atoms. The van der Waals surface area contributed by atoms with Crippen molar-refractivity contribution in [3.05, 3.63) is 17.0 Å². The highest BCUT2D eigenvalue weighted by Gasteiger charge is 2.36. The first-order valence-electron chi connectivity index (χ1n) is 8.25. The lowest BCUT2D eigenvalue weighted by molar-refractivity contribution is 0.0709. The Morgan fingerprint density at radius 1 is 1.22 bits per heavy atom. The van der Waals surface area contributed by atoms with Crippen molar-refractivity contribution in [2.45, 2.75) is 43.5 Å². The van der Waals surface area contributed by atoms with Crippen LogP contribution >= 0.6 is 11.3 Å². The van der Waals surface area contributed by atoms with Crippen LogP contribution in [0, 0.1) is 0 Å². The van der Waals surface area contributed by atoms with Crippen LogP contribution < -0.4 is 0 Å². The Labute approximate surface area is 144 Å². The Kier molecular flexibility index (Phi) is 6.24. The lowest BCUT2D eigenvalue weighted by Gasteiger charge is -2.44. The minimum absolute atomic E-state index is 0.235. The standard InChI is InChI=1S/C16H29N3O2S2/c1-6-15-7-8-16(22-15)23(20,21)18-11-13(2)19(14(3)12-18)10-9-17(4)5/h7-8,13-14H,6,9-12H2,1-5H3. The molecule has 0 amide bonds. The summed E-state index contributed by atoms with van der Waals surface area (Å²) in [4.78, 5) is 5.70. The summed E-state index contributed by atoms with van der Waals surface area (Å²) >= 11 is 1.40. The van der Waals surface area contributed by atoms with E-state index in [9.17, 15) is 8.42 Å². The molecule has 1 fully saturated rings. The highest BCUT2D eigenvalue weighted by Crippen LogP contribution is 2.28. The highest BCUT2D eigenvalue weighted by molar-refractivity contribution is 7.91. The molecule has 1 aromatic heterocycles. The maximum absolute atomic E-state index is 12.9. The average Bonchev–Trinajstić information content (AvgIpc) is 2.95. The maximum atomic E-state index is 12.9. The molecule has 0 spiro atoms. The number of thiophene rings is 1. The van der Waals surface area contributed by atoms with Crippen molar-refractivity contribution < 1.29 is 8.42 Å². The number of rotatable bonds is 6. The molecular formula is C16H29N3O2S2. The monoisotopic (exact) mass is 359 g/mol. The topological polar surface area (TPSA) is 43.9 Å². The fourth-order valence-corrected chi connectivity index (χ4v) is 6.13. The molecule has 1 aromatic rings. The van der Waals surface area contributed by atoms with Crippen LogP contribution in [-0.2, 0) is 16.4 Å². The first-order valence-corrected chi connectivity index (χ1v) is 10.5. The van der Waals surface area contributed by atoms with E-state index >= 15 is 0 Å². The first-order chi connectivity index (χ1) is 10.8. The number of aryl methyl sites for hydroxylation is 1. The molecule has 0 radical (unpaired) electrons. The molecule has 7 heteroatoms. The van der Waals surface area contributed by atoms with Gasteiger partial charge >= 0.3 is 0 Å². The van der Waals surface area contributed by atoms with Crippen LogP contribution in [0.25, 0.3) is 0 Å². The largest absolute Gasteiger partial charge is 0.308 e. The third kappa shape index (κ3) is 4.33. The number of hydrogen-bond donors (Lipinski definition) is 0. The van der Waals surface area contributed by atoms with Crippen molar-refractivity contribution in [3.8, 4) is 0 Å². The van der Waals surface area contributed by atoms with Gasteiger partial charge in [-0.15, -0.1) is 11.3 Å². The number of hydrogen-bond acceptors (Lipinski definition) is 5. The summed E-state index contributed by atoms with van der Waals surface area (Å²) in [6.07, 6.45) is 0.880. The van der Waals surface area contributed by atoms with E-state index in [1.165, 1.54) is 11.3 Å². The van der Waals surface area contributed by atoms with Crippen LogP contribution in [0.5, 0.6) is 0 Å². The van der Waals surface area contributed by atoms with Gasteiger partial charge in [-0.3, -0.25) is 4.90 Å². The van der Waals surface area contributed by atoms with Crippen molar-refractivity contribution in [2.24, 2.45) is 0 Å². The van der Waals surface area contributed by atoms with E-state index in [0.29, 0.717) is 17.3 Å². The minimum atomic E-state index is -3.36. The van der Waals surface area contributed by atoms with Crippen molar-refractivity contribution in [3.63, 3.8) is 0 Å². The summed E-state index contributed by atoms with van der Waals surface area (Å²) in [6, 6.07) is 4.16. The SMILES string of the molecule is CCc1ccc(S(=O)(=O)N2CC(C)N(CCN(C)C)C(C)C2)s1. The van der Waals surface area contributed by atoms with Crippen LogP contribution in [0.15, 0.2) is 16.3 Å². The zero-order valence-corrected chi connectivity index (χ0v) is 16.5. The summed E-state index contributed by atoms with van der Waals surface area (Å²) in [5.74, 6) is 0. The van der Waals surface area contributed by atoms with Gasteiger partial charge in [0.2, 0.25) is 0 Å². The summed E-state index contributed by atoms with van der Waals surface area (Å²) in [6.45, 7) is 9.41. The lowest BCUT2D eigenvalue weighted by atomic mass is 10.1. The molecule has 1 saturated heterocycles. The fourth-order valence-electron chi connectivity index (χ4n) is 3.07. The minimum Gasteiger partial charge on any atom is -0.308 e. The molecule has 23 heavy (non-hydrogen) atoms. The van der Waals surface area contributed by atoms with Crippen molar-refractivity contribution >= 4 is 21.4 Å². The molecule has 0 aromatic carbocycles. The van der Waals surface area contributed by atoms with Crippen molar-refractivity contribution in [1.82, 2.24) is 14.1 Å². The molecule has 1 aliphatic rings. The normalized spacial score (nSPS) is 24.4. The smallest absolute Gasteiger partial charge is 0.252 e. The maximum Gasteiger partial charge on any atom is 0.252 e. The molecular weight excluding hydrogens is 330 g/mol. The van der Waals surface area contributed by atoms with Gasteiger partial charge in [-0.1, -0.05) is 6.92 Å². The molecule has 132 valence electrons. The van der Waals surface area contributed by atoms with E-state index in [4.69, 9.17) is 0 Å². The summed E-state index contributed by atoms with van der Waals surface area (Å²) in [5, 5.41) is 0. The molecule has 2 heterocycles. The predicted molar refractivity (Wildman–Crippen MR) is 96.6 cm³/mol. The molecule has 2 atom stereocenters. The lowest BCUT2D eigenvalue weighted by Crippen LogP contribution is -2.58. The van der Waals surface area contributed by atoms with Gasteiger partial charge in [0.05, 0.1) is 0 Å². The Hall–Kier alpha value is -0.470. The van der Waals surface area contributed by atoms with Gasteiger partial charge in [-0.25, -0.2) is 8.42 Å². The third-order valence-corrected chi connectivity index (χ3v) is 7.98. The number of sulfonamides is 1. The van der Waals surface area contributed by atoms with E-state index in [2.05, 4.69) is 44.7 Å². The summed E-state index contributed by atoms with van der Waals surface area (Å²) in [5.41, 5.74) is 0. The number of piperazine rings is 1. The number of nitrogens with zero attached hydrogens (tertiary/aromatic N) is 3. The molecule has 0 aliphatic carbocycles. The first kappa shape index (κ1) is 18.9. The second-order valence-corrected chi connectivity index (χ2v) is 9.97. The zero-order valence-electron chi connectivity index (χ0n) is 14.8. The van der Waals surface area contributed by atoms with Gasteiger partial charge in [0.15, 0.2) is 0 Å². The molecule has 0 saturated carbocycles. The van der Waals surface area contributed by atoms with Crippen LogP contribution in [0.1, 0.15) is 25.6 Å². The highest BCUT2D eigenvalue weighted by atomic mass is 32.2. The second kappa shape index (κ2) is 7.61.